The SMILES string of the molecule is CCCCCC(=O)c1cc2ccccc2nc1Cl. The molecule has 0 saturated carbocycles. The van der Waals surface area contributed by atoms with Crippen molar-refractivity contribution in [2.45, 2.75) is 32.6 Å². The van der Waals surface area contributed by atoms with E-state index in [1.54, 1.807) is 0 Å². The third-order valence-electron chi connectivity index (χ3n) is 2.99. The van der Waals surface area contributed by atoms with Gasteiger partial charge in [-0.05, 0) is 18.6 Å². The number of carbonyl (C=O) groups excluding carboxylic acids is 1. The van der Waals surface area contributed by atoms with Crippen molar-refractivity contribution in [3.05, 3.63) is 41.0 Å². The first-order chi connectivity index (χ1) is 8.72. The molecule has 94 valence electrons. The highest BCUT2D eigenvalue weighted by atomic mass is 35.5. The van der Waals surface area contributed by atoms with Gasteiger partial charge < -0.3 is 0 Å². The van der Waals surface area contributed by atoms with Crippen molar-refractivity contribution in [1.29, 1.82) is 0 Å². The number of carbonyl (C=O) groups is 1. The molecule has 0 saturated heterocycles. The Morgan fingerprint density at radius 2 is 2.06 bits per heavy atom. The number of para-hydroxylation sites is 1. The molecular weight excluding hydrogens is 246 g/mol. The van der Waals surface area contributed by atoms with Crippen molar-refractivity contribution in [3.8, 4) is 0 Å². The van der Waals surface area contributed by atoms with Crippen LogP contribution < -0.4 is 0 Å². The number of halogens is 1. The summed E-state index contributed by atoms with van der Waals surface area (Å²) in [5.74, 6) is 0.0895. The number of Topliss-reactive ketones (excluding diaryl/α,β-unsaturated/α-hetero) is 1. The Hall–Kier alpha value is -1.41. The lowest BCUT2D eigenvalue weighted by Crippen LogP contribution is -2.01. The molecular formula is C15H16ClNO. The van der Waals surface area contributed by atoms with Crippen LogP contribution >= 0.6 is 11.6 Å². The fourth-order valence-electron chi connectivity index (χ4n) is 1.96. The largest absolute Gasteiger partial charge is 0.294 e. The van der Waals surface area contributed by atoms with Crippen LogP contribution in [-0.2, 0) is 0 Å². The average molecular weight is 262 g/mol. The summed E-state index contributed by atoms with van der Waals surface area (Å²) in [5, 5.41) is 1.27. The van der Waals surface area contributed by atoms with Gasteiger partial charge in [0, 0.05) is 11.8 Å². The number of benzene rings is 1. The van der Waals surface area contributed by atoms with Crippen LogP contribution in [0.25, 0.3) is 10.9 Å². The molecule has 0 bridgehead atoms. The van der Waals surface area contributed by atoms with E-state index in [0.29, 0.717) is 17.1 Å². The van der Waals surface area contributed by atoms with Gasteiger partial charge in [-0.3, -0.25) is 4.79 Å². The zero-order valence-corrected chi connectivity index (χ0v) is 11.2. The molecule has 0 unspecified atom stereocenters. The molecule has 1 aromatic carbocycles. The zero-order valence-electron chi connectivity index (χ0n) is 10.4. The van der Waals surface area contributed by atoms with Gasteiger partial charge in [0.15, 0.2) is 5.78 Å². The van der Waals surface area contributed by atoms with Crippen LogP contribution in [0.3, 0.4) is 0 Å². The Kier molecular flexibility index (Phi) is 4.32. The minimum atomic E-state index is 0.0895. The van der Waals surface area contributed by atoms with Gasteiger partial charge in [-0.1, -0.05) is 49.6 Å². The Balaban J connectivity index is 2.27. The number of nitrogens with zero attached hydrogens (tertiary/aromatic N) is 1. The Morgan fingerprint density at radius 3 is 2.83 bits per heavy atom. The third-order valence-corrected chi connectivity index (χ3v) is 3.27. The van der Waals surface area contributed by atoms with E-state index in [0.717, 1.165) is 30.2 Å². The summed E-state index contributed by atoms with van der Waals surface area (Å²) in [6, 6.07) is 9.53. The molecule has 1 aromatic heterocycles. The van der Waals surface area contributed by atoms with Crippen LogP contribution in [0.4, 0.5) is 0 Å². The third kappa shape index (κ3) is 2.88. The molecule has 0 aliphatic rings. The van der Waals surface area contributed by atoms with Gasteiger partial charge >= 0.3 is 0 Å². The summed E-state index contributed by atoms with van der Waals surface area (Å²) in [7, 11) is 0. The van der Waals surface area contributed by atoms with E-state index >= 15 is 0 Å². The molecule has 2 nitrogen and oxygen atoms in total. The quantitative estimate of drug-likeness (QED) is 0.445. The van der Waals surface area contributed by atoms with Crippen molar-refractivity contribution in [3.63, 3.8) is 0 Å². The highest BCUT2D eigenvalue weighted by molar-refractivity contribution is 6.33. The van der Waals surface area contributed by atoms with E-state index in [1.807, 2.05) is 30.3 Å². The molecule has 0 N–H and O–H groups in total. The van der Waals surface area contributed by atoms with Gasteiger partial charge in [0.2, 0.25) is 0 Å². The predicted octanol–water partition coefficient (Wildman–Crippen LogP) is 4.65. The first-order valence-corrected chi connectivity index (χ1v) is 6.68. The van der Waals surface area contributed by atoms with Crippen LogP contribution in [0.15, 0.2) is 30.3 Å². The lowest BCUT2D eigenvalue weighted by atomic mass is 10.0. The number of aromatic nitrogens is 1. The summed E-state index contributed by atoms with van der Waals surface area (Å²) in [4.78, 5) is 16.3. The van der Waals surface area contributed by atoms with Gasteiger partial charge in [-0.2, -0.15) is 0 Å². The molecule has 0 atom stereocenters. The van der Waals surface area contributed by atoms with E-state index in [1.165, 1.54) is 0 Å². The van der Waals surface area contributed by atoms with Crippen molar-refractivity contribution in [2.75, 3.05) is 0 Å². The normalized spacial score (nSPS) is 10.8. The first kappa shape index (κ1) is 13.0. The molecule has 0 amide bonds. The number of pyridine rings is 1. The fourth-order valence-corrected chi connectivity index (χ4v) is 2.21. The first-order valence-electron chi connectivity index (χ1n) is 6.31. The second-order valence-electron chi connectivity index (χ2n) is 4.40. The number of ketones is 1. The summed E-state index contributed by atoms with van der Waals surface area (Å²) in [6.45, 7) is 2.12. The standard InChI is InChI=1S/C15H16ClNO/c1-2-3-4-9-14(18)12-10-11-7-5-6-8-13(11)17-15(12)16/h5-8,10H,2-4,9H2,1H3. The maximum atomic E-state index is 12.1. The molecule has 1 heterocycles. The second-order valence-corrected chi connectivity index (χ2v) is 4.76. The average Bonchev–Trinajstić information content (AvgIpc) is 2.38. The highest BCUT2D eigenvalue weighted by Crippen LogP contribution is 2.22. The van der Waals surface area contributed by atoms with E-state index in [4.69, 9.17) is 11.6 Å². The van der Waals surface area contributed by atoms with Crippen molar-refractivity contribution in [2.24, 2.45) is 0 Å². The van der Waals surface area contributed by atoms with Crippen molar-refractivity contribution < 1.29 is 4.79 Å². The molecule has 2 rings (SSSR count). The zero-order chi connectivity index (χ0) is 13.0. The van der Waals surface area contributed by atoms with Crippen LogP contribution in [-0.4, -0.2) is 10.8 Å². The lowest BCUT2D eigenvalue weighted by molar-refractivity contribution is 0.0979. The molecule has 0 aliphatic heterocycles. The maximum Gasteiger partial charge on any atom is 0.165 e. The molecule has 0 fully saturated rings. The van der Waals surface area contributed by atoms with Gasteiger partial charge in [0.05, 0.1) is 11.1 Å². The number of hydrogen-bond donors (Lipinski definition) is 0. The Bertz CT molecular complexity index is 565. The van der Waals surface area contributed by atoms with Crippen LogP contribution in [0, 0.1) is 0 Å². The van der Waals surface area contributed by atoms with E-state index in [-0.39, 0.29) is 5.78 Å². The molecule has 2 aromatic rings. The minimum absolute atomic E-state index is 0.0895. The van der Waals surface area contributed by atoms with Crippen LogP contribution in [0.1, 0.15) is 43.0 Å². The molecule has 0 aliphatic carbocycles. The van der Waals surface area contributed by atoms with Gasteiger partial charge in [0.25, 0.3) is 0 Å². The van der Waals surface area contributed by atoms with Crippen LogP contribution in [0.2, 0.25) is 5.15 Å². The van der Waals surface area contributed by atoms with Gasteiger partial charge in [-0.15, -0.1) is 0 Å². The molecule has 3 heteroatoms. The van der Waals surface area contributed by atoms with Gasteiger partial charge in [0.1, 0.15) is 5.15 Å². The van der Waals surface area contributed by atoms with Crippen molar-refractivity contribution >= 4 is 28.3 Å². The summed E-state index contributed by atoms with van der Waals surface area (Å²) < 4.78 is 0. The Morgan fingerprint density at radius 1 is 1.28 bits per heavy atom. The number of hydrogen-bond acceptors (Lipinski definition) is 2. The summed E-state index contributed by atoms with van der Waals surface area (Å²) in [5.41, 5.74) is 1.37. The topological polar surface area (TPSA) is 30.0 Å². The number of rotatable bonds is 5. The van der Waals surface area contributed by atoms with Crippen molar-refractivity contribution in [1.82, 2.24) is 4.98 Å². The Labute approximate surface area is 112 Å². The minimum Gasteiger partial charge on any atom is -0.294 e. The van der Waals surface area contributed by atoms with E-state index < -0.39 is 0 Å². The molecule has 0 spiro atoms. The van der Waals surface area contributed by atoms with E-state index in [9.17, 15) is 4.79 Å². The number of unbranched alkanes of at least 4 members (excludes halogenated alkanes) is 2. The molecule has 18 heavy (non-hydrogen) atoms. The predicted molar refractivity (Wildman–Crippen MR) is 75.2 cm³/mol. The maximum absolute atomic E-state index is 12.1. The molecule has 0 radical (unpaired) electrons. The fraction of sp³-hybridized carbons (Fsp3) is 0.333. The lowest BCUT2D eigenvalue weighted by Gasteiger charge is -2.05. The van der Waals surface area contributed by atoms with Gasteiger partial charge in [-0.25, -0.2) is 4.98 Å². The second kappa shape index (κ2) is 5.96. The monoisotopic (exact) mass is 261 g/mol. The summed E-state index contributed by atoms with van der Waals surface area (Å²) >= 11 is 6.08. The smallest absolute Gasteiger partial charge is 0.165 e. The van der Waals surface area contributed by atoms with Crippen LogP contribution in [0.5, 0.6) is 0 Å². The van der Waals surface area contributed by atoms with E-state index in [2.05, 4.69) is 11.9 Å². The highest BCUT2D eigenvalue weighted by Gasteiger charge is 2.12. The number of fused-ring (bicyclic) bond motifs is 1. The summed E-state index contributed by atoms with van der Waals surface area (Å²) in [6.07, 6.45) is 3.65.